The van der Waals surface area contributed by atoms with Gasteiger partial charge in [-0.15, -0.1) is 0 Å². The second-order valence-electron chi connectivity index (χ2n) is 4.51. The van der Waals surface area contributed by atoms with Crippen LogP contribution in [0.1, 0.15) is 37.7 Å². The van der Waals surface area contributed by atoms with Crippen molar-refractivity contribution in [3.8, 4) is 0 Å². The minimum Gasteiger partial charge on any atom is -0.344 e. The van der Waals surface area contributed by atoms with Gasteiger partial charge < -0.3 is 6.15 Å². The molecular weight excluding hydrogens is 260 g/mol. The first kappa shape index (κ1) is 15.7. The Morgan fingerprint density at radius 3 is 2.58 bits per heavy atom. The van der Waals surface area contributed by atoms with Crippen LogP contribution in [0, 0.1) is 0 Å². The molecule has 2 rings (SSSR count). The van der Waals surface area contributed by atoms with Crippen molar-refractivity contribution >= 4 is 11.6 Å². The zero-order chi connectivity index (χ0) is 12.8. The van der Waals surface area contributed by atoms with Gasteiger partial charge in [-0.3, -0.25) is 4.68 Å². The van der Waals surface area contributed by atoms with Crippen molar-refractivity contribution in [3.63, 3.8) is 0 Å². The first-order valence-electron chi connectivity index (χ1n) is 6.37. The molecule has 1 unspecified atom stereocenters. The zero-order valence-corrected chi connectivity index (χ0v) is 12.1. The van der Waals surface area contributed by atoms with Gasteiger partial charge in [-0.2, -0.15) is 5.10 Å². The minimum atomic E-state index is 0. The number of unbranched alkanes of at least 4 members (excludes halogenated alkanes) is 1. The average molecular weight is 281 g/mol. The van der Waals surface area contributed by atoms with Crippen LogP contribution in [0.4, 0.5) is 0 Å². The lowest BCUT2D eigenvalue weighted by molar-refractivity contribution is 0.474. The summed E-state index contributed by atoms with van der Waals surface area (Å²) in [5.41, 5.74) is 1.32. The molecule has 0 aliphatic rings. The number of rotatable bonds is 6. The Morgan fingerprint density at radius 1 is 1.26 bits per heavy atom. The van der Waals surface area contributed by atoms with Gasteiger partial charge >= 0.3 is 0 Å². The van der Waals surface area contributed by atoms with Crippen LogP contribution in [0.25, 0.3) is 0 Å². The number of hydrogen-bond acceptors (Lipinski definition) is 3. The number of nitrogens with zero attached hydrogens (tertiary/aromatic N) is 3. The van der Waals surface area contributed by atoms with E-state index in [0.29, 0.717) is 5.92 Å². The van der Waals surface area contributed by atoms with Crippen molar-refractivity contribution in [1.82, 2.24) is 20.9 Å². The fraction of sp³-hybridized carbons (Fsp3) is 0.429. The molecule has 0 spiro atoms. The molecule has 1 aromatic carbocycles. The van der Waals surface area contributed by atoms with Crippen molar-refractivity contribution in [2.75, 3.05) is 0 Å². The highest BCUT2D eigenvalue weighted by molar-refractivity contribution is 6.30. The molecule has 0 aliphatic heterocycles. The topological polar surface area (TPSA) is 65.7 Å². The molecule has 19 heavy (non-hydrogen) atoms. The third-order valence-corrected chi connectivity index (χ3v) is 3.37. The molecule has 0 saturated carbocycles. The maximum Gasteiger partial charge on any atom is 0.137 e. The van der Waals surface area contributed by atoms with Crippen molar-refractivity contribution in [3.05, 3.63) is 47.5 Å². The monoisotopic (exact) mass is 280 g/mol. The van der Waals surface area contributed by atoms with Gasteiger partial charge in [0.25, 0.3) is 0 Å². The predicted molar refractivity (Wildman–Crippen MR) is 78.8 cm³/mol. The normalized spacial score (nSPS) is 11.9. The molecule has 3 N–H and O–H groups in total. The lowest BCUT2D eigenvalue weighted by Gasteiger charge is -2.17. The van der Waals surface area contributed by atoms with E-state index in [1.807, 2.05) is 16.8 Å². The fourth-order valence-electron chi connectivity index (χ4n) is 2.10. The molecule has 0 bridgehead atoms. The van der Waals surface area contributed by atoms with Crippen LogP contribution in [-0.2, 0) is 6.54 Å². The Bertz CT molecular complexity index is 453. The summed E-state index contributed by atoms with van der Waals surface area (Å²) in [5.74, 6) is 0.476. The average Bonchev–Trinajstić information content (AvgIpc) is 2.88. The number of halogens is 1. The molecule has 0 radical (unpaired) electrons. The van der Waals surface area contributed by atoms with Gasteiger partial charge in [0.1, 0.15) is 12.7 Å². The van der Waals surface area contributed by atoms with E-state index in [1.165, 1.54) is 18.4 Å². The fourth-order valence-corrected chi connectivity index (χ4v) is 2.23. The standard InChI is InChI=1S/C14H18ClN3.H3N/c1-2-3-4-13(9-18-11-16-10-17-18)12-5-7-14(15)8-6-12;/h5-8,10-11,13H,2-4,9H2,1H3;1H3. The highest BCUT2D eigenvalue weighted by atomic mass is 35.5. The van der Waals surface area contributed by atoms with E-state index in [2.05, 4.69) is 29.1 Å². The van der Waals surface area contributed by atoms with E-state index >= 15 is 0 Å². The lowest BCUT2D eigenvalue weighted by atomic mass is 9.93. The Hall–Kier alpha value is -1.39. The van der Waals surface area contributed by atoms with Crippen molar-refractivity contribution in [2.24, 2.45) is 0 Å². The molecule has 0 fully saturated rings. The molecule has 4 nitrogen and oxygen atoms in total. The SMILES string of the molecule is CCCCC(Cn1cncn1)c1ccc(Cl)cc1.N. The number of hydrogen-bond donors (Lipinski definition) is 1. The molecule has 1 aromatic heterocycles. The highest BCUT2D eigenvalue weighted by Gasteiger charge is 2.12. The van der Waals surface area contributed by atoms with E-state index < -0.39 is 0 Å². The molecule has 1 atom stereocenters. The van der Waals surface area contributed by atoms with Crippen LogP contribution in [0.15, 0.2) is 36.9 Å². The van der Waals surface area contributed by atoms with Gasteiger partial charge in [-0.25, -0.2) is 4.98 Å². The Balaban J connectivity index is 0.00000180. The number of aromatic nitrogens is 3. The summed E-state index contributed by atoms with van der Waals surface area (Å²) in [4.78, 5) is 3.99. The third-order valence-electron chi connectivity index (χ3n) is 3.12. The third kappa shape index (κ3) is 4.65. The summed E-state index contributed by atoms with van der Waals surface area (Å²) in [7, 11) is 0. The molecule has 1 heterocycles. The summed E-state index contributed by atoms with van der Waals surface area (Å²) in [6.07, 6.45) is 6.95. The van der Waals surface area contributed by atoms with Crippen molar-refractivity contribution < 1.29 is 0 Å². The first-order chi connectivity index (χ1) is 8.79. The van der Waals surface area contributed by atoms with E-state index in [1.54, 1.807) is 12.7 Å². The van der Waals surface area contributed by atoms with Gasteiger partial charge in [0, 0.05) is 17.5 Å². The zero-order valence-electron chi connectivity index (χ0n) is 11.3. The molecule has 0 amide bonds. The van der Waals surface area contributed by atoms with E-state index in [-0.39, 0.29) is 6.15 Å². The maximum atomic E-state index is 5.94. The van der Waals surface area contributed by atoms with E-state index in [9.17, 15) is 0 Å². The quantitative estimate of drug-likeness (QED) is 0.867. The van der Waals surface area contributed by atoms with E-state index in [0.717, 1.165) is 18.0 Å². The predicted octanol–water partition coefficient (Wildman–Crippen LogP) is 4.07. The van der Waals surface area contributed by atoms with Crippen LogP contribution in [0.3, 0.4) is 0 Å². The van der Waals surface area contributed by atoms with Crippen LogP contribution in [0.2, 0.25) is 5.02 Å². The molecule has 2 aromatic rings. The lowest BCUT2D eigenvalue weighted by Crippen LogP contribution is -2.10. The van der Waals surface area contributed by atoms with Gasteiger partial charge in [0.2, 0.25) is 0 Å². The van der Waals surface area contributed by atoms with E-state index in [4.69, 9.17) is 11.6 Å². The Labute approximate surface area is 119 Å². The Morgan fingerprint density at radius 2 is 2.00 bits per heavy atom. The largest absolute Gasteiger partial charge is 0.344 e. The Kier molecular flexibility index (Phi) is 6.53. The van der Waals surface area contributed by atoms with Crippen LogP contribution >= 0.6 is 11.6 Å². The summed E-state index contributed by atoms with van der Waals surface area (Å²) in [5, 5.41) is 4.97. The summed E-state index contributed by atoms with van der Waals surface area (Å²) in [6, 6.07) is 8.13. The summed E-state index contributed by atoms with van der Waals surface area (Å²) in [6.45, 7) is 3.09. The molecule has 104 valence electrons. The second kappa shape index (κ2) is 7.92. The highest BCUT2D eigenvalue weighted by Crippen LogP contribution is 2.25. The summed E-state index contributed by atoms with van der Waals surface area (Å²) >= 11 is 5.94. The van der Waals surface area contributed by atoms with Gasteiger partial charge in [-0.05, 0) is 24.1 Å². The maximum absolute atomic E-state index is 5.94. The van der Waals surface area contributed by atoms with Crippen LogP contribution < -0.4 is 6.15 Å². The first-order valence-corrected chi connectivity index (χ1v) is 6.75. The molecule has 0 saturated heterocycles. The summed E-state index contributed by atoms with van der Waals surface area (Å²) < 4.78 is 1.90. The number of benzene rings is 1. The molecule has 0 aliphatic carbocycles. The van der Waals surface area contributed by atoms with Gasteiger partial charge in [-0.1, -0.05) is 43.5 Å². The van der Waals surface area contributed by atoms with Gasteiger partial charge in [0.15, 0.2) is 0 Å². The second-order valence-corrected chi connectivity index (χ2v) is 4.94. The van der Waals surface area contributed by atoms with Gasteiger partial charge in [0.05, 0.1) is 0 Å². The molecule has 5 heteroatoms. The van der Waals surface area contributed by atoms with Crippen molar-refractivity contribution in [1.29, 1.82) is 0 Å². The smallest absolute Gasteiger partial charge is 0.137 e. The van der Waals surface area contributed by atoms with Crippen LogP contribution in [0.5, 0.6) is 0 Å². The van der Waals surface area contributed by atoms with Crippen LogP contribution in [-0.4, -0.2) is 14.8 Å². The van der Waals surface area contributed by atoms with Crippen molar-refractivity contribution in [2.45, 2.75) is 38.6 Å². The molecular formula is C14H21ClN4. The minimum absolute atomic E-state index is 0.